The summed E-state index contributed by atoms with van der Waals surface area (Å²) in [6, 6.07) is 3.28. The molecule has 0 spiro atoms. The molecular weight excluding hydrogens is 236 g/mol. The van der Waals surface area contributed by atoms with Crippen molar-refractivity contribution in [2.75, 3.05) is 13.1 Å². The van der Waals surface area contributed by atoms with Gasteiger partial charge in [-0.3, -0.25) is 9.59 Å². The van der Waals surface area contributed by atoms with E-state index in [0.29, 0.717) is 12.2 Å². The monoisotopic (exact) mass is 254 g/mol. The minimum Gasteiger partial charge on any atom is -0.467 e. The highest BCUT2D eigenvalue weighted by Gasteiger charge is 2.12. The van der Waals surface area contributed by atoms with Crippen molar-refractivity contribution in [3.8, 4) is 0 Å². The molecule has 0 aromatic carbocycles. The lowest BCUT2D eigenvalue weighted by atomic mass is 10.2. The lowest BCUT2D eigenvalue weighted by Crippen LogP contribution is -2.38. The van der Waals surface area contributed by atoms with Gasteiger partial charge in [0.05, 0.1) is 19.4 Å². The van der Waals surface area contributed by atoms with Crippen LogP contribution in [0.25, 0.3) is 0 Å². The molecule has 6 heteroatoms. The van der Waals surface area contributed by atoms with Crippen molar-refractivity contribution in [2.45, 2.75) is 25.9 Å². The zero-order chi connectivity index (χ0) is 13.4. The Balaban J connectivity index is 2.19. The van der Waals surface area contributed by atoms with Gasteiger partial charge < -0.3 is 20.2 Å². The first-order valence-electron chi connectivity index (χ1n) is 5.88. The number of aliphatic hydroxyl groups excluding tert-OH is 1. The van der Waals surface area contributed by atoms with E-state index in [1.807, 2.05) is 6.92 Å². The fourth-order valence-electron chi connectivity index (χ4n) is 1.35. The number of hydrogen-bond acceptors (Lipinski definition) is 4. The third kappa shape index (κ3) is 5.01. The fraction of sp³-hybridized carbons (Fsp3) is 0.500. The second kappa shape index (κ2) is 7.50. The minimum atomic E-state index is -0.879. The fourth-order valence-corrected chi connectivity index (χ4v) is 1.35. The topological polar surface area (TPSA) is 91.6 Å². The Kier molecular flexibility index (Phi) is 5.93. The first-order valence-corrected chi connectivity index (χ1v) is 5.88. The molecule has 6 nitrogen and oxygen atoms in total. The van der Waals surface area contributed by atoms with Gasteiger partial charge in [0.1, 0.15) is 11.9 Å². The zero-order valence-electron chi connectivity index (χ0n) is 10.3. The molecule has 1 heterocycles. The third-order valence-corrected chi connectivity index (χ3v) is 2.29. The van der Waals surface area contributed by atoms with Gasteiger partial charge in [-0.15, -0.1) is 0 Å². The molecule has 3 N–H and O–H groups in total. The largest absolute Gasteiger partial charge is 0.467 e. The van der Waals surface area contributed by atoms with Crippen molar-refractivity contribution in [3.05, 3.63) is 24.2 Å². The van der Waals surface area contributed by atoms with Crippen LogP contribution in [0.1, 0.15) is 31.6 Å². The lowest BCUT2D eigenvalue weighted by Gasteiger charge is -2.10. The van der Waals surface area contributed by atoms with E-state index in [-0.39, 0.29) is 24.9 Å². The average molecular weight is 254 g/mol. The summed E-state index contributed by atoms with van der Waals surface area (Å²) < 4.78 is 4.99. The summed E-state index contributed by atoms with van der Waals surface area (Å²) in [5, 5.41) is 14.6. The lowest BCUT2D eigenvalue weighted by molar-refractivity contribution is -0.126. The van der Waals surface area contributed by atoms with Crippen LogP contribution in [-0.2, 0) is 9.59 Å². The Labute approximate surface area is 105 Å². The van der Waals surface area contributed by atoms with Gasteiger partial charge in [-0.2, -0.15) is 0 Å². The first kappa shape index (κ1) is 14.2. The van der Waals surface area contributed by atoms with Crippen molar-refractivity contribution >= 4 is 11.8 Å². The molecule has 100 valence electrons. The summed E-state index contributed by atoms with van der Waals surface area (Å²) in [6.45, 7) is 1.86. The standard InChI is InChI=1S/C12H18N2O4/c1-2-4-11(16)14-8-12(17)13-7-9(15)10-5-3-6-18-10/h3,5-6,9,15H,2,4,7-8H2,1H3,(H,13,17)(H,14,16). The Morgan fingerprint density at radius 2 is 2.17 bits per heavy atom. The van der Waals surface area contributed by atoms with Crippen LogP contribution in [0, 0.1) is 0 Å². The molecular formula is C12H18N2O4. The third-order valence-electron chi connectivity index (χ3n) is 2.29. The number of carbonyl (C=O) groups excluding carboxylic acids is 2. The number of carbonyl (C=O) groups is 2. The number of hydrogen-bond donors (Lipinski definition) is 3. The van der Waals surface area contributed by atoms with E-state index in [1.54, 1.807) is 12.1 Å². The highest BCUT2D eigenvalue weighted by atomic mass is 16.4. The quantitative estimate of drug-likeness (QED) is 0.654. The van der Waals surface area contributed by atoms with Crippen LogP contribution in [0.5, 0.6) is 0 Å². The number of aliphatic hydroxyl groups is 1. The second-order valence-corrected chi connectivity index (χ2v) is 3.86. The molecule has 18 heavy (non-hydrogen) atoms. The predicted octanol–water partition coefficient (Wildman–Crippen LogP) is 0.346. The van der Waals surface area contributed by atoms with Gasteiger partial charge in [0.2, 0.25) is 11.8 Å². The van der Waals surface area contributed by atoms with E-state index in [4.69, 9.17) is 4.42 Å². The number of rotatable bonds is 7. The summed E-state index contributed by atoms with van der Waals surface area (Å²) in [6.07, 6.45) is 1.72. The van der Waals surface area contributed by atoms with Crippen LogP contribution in [0.2, 0.25) is 0 Å². The van der Waals surface area contributed by atoms with E-state index in [1.165, 1.54) is 6.26 Å². The molecule has 0 bridgehead atoms. The summed E-state index contributed by atoms with van der Waals surface area (Å²) in [5.74, 6) is -0.102. The molecule has 0 radical (unpaired) electrons. The van der Waals surface area contributed by atoms with Crippen molar-refractivity contribution in [1.82, 2.24) is 10.6 Å². The van der Waals surface area contributed by atoms with Crippen molar-refractivity contribution in [1.29, 1.82) is 0 Å². The maximum Gasteiger partial charge on any atom is 0.239 e. The Bertz CT molecular complexity index is 375. The van der Waals surface area contributed by atoms with E-state index >= 15 is 0 Å². The normalized spacial score (nSPS) is 11.9. The molecule has 0 aliphatic rings. The maximum atomic E-state index is 11.4. The zero-order valence-corrected chi connectivity index (χ0v) is 10.3. The Morgan fingerprint density at radius 3 is 2.78 bits per heavy atom. The minimum absolute atomic E-state index is 0.0516. The van der Waals surface area contributed by atoms with Gasteiger partial charge in [0, 0.05) is 6.42 Å². The van der Waals surface area contributed by atoms with E-state index < -0.39 is 6.10 Å². The van der Waals surface area contributed by atoms with Gasteiger partial charge in [0.15, 0.2) is 0 Å². The van der Waals surface area contributed by atoms with E-state index in [9.17, 15) is 14.7 Å². The average Bonchev–Trinajstić information content (AvgIpc) is 2.87. The van der Waals surface area contributed by atoms with Gasteiger partial charge in [-0.05, 0) is 18.6 Å². The molecule has 0 saturated carbocycles. The maximum absolute atomic E-state index is 11.4. The molecule has 1 unspecified atom stereocenters. The molecule has 0 aliphatic carbocycles. The number of furan rings is 1. The highest BCUT2D eigenvalue weighted by Crippen LogP contribution is 2.11. The summed E-state index contributed by atoms with van der Waals surface area (Å²) >= 11 is 0. The predicted molar refractivity (Wildman–Crippen MR) is 64.6 cm³/mol. The van der Waals surface area contributed by atoms with Crippen LogP contribution in [0.15, 0.2) is 22.8 Å². The molecule has 0 saturated heterocycles. The number of nitrogens with one attached hydrogen (secondary N) is 2. The van der Waals surface area contributed by atoms with E-state index in [2.05, 4.69) is 10.6 Å². The van der Waals surface area contributed by atoms with Gasteiger partial charge in [0.25, 0.3) is 0 Å². The van der Waals surface area contributed by atoms with Crippen LogP contribution >= 0.6 is 0 Å². The van der Waals surface area contributed by atoms with Crippen molar-refractivity contribution in [2.24, 2.45) is 0 Å². The van der Waals surface area contributed by atoms with Crippen molar-refractivity contribution < 1.29 is 19.1 Å². The molecule has 1 rings (SSSR count). The smallest absolute Gasteiger partial charge is 0.239 e. The first-order chi connectivity index (χ1) is 8.63. The Morgan fingerprint density at radius 1 is 1.39 bits per heavy atom. The molecule has 0 fully saturated rings. The molecule has 1 aromatic rings. The van der Waals surface area contributed by atoms with Crippen LogP contribution in [-0.4, -0.2) is 30.0 Å². The van der Waals surface area contributed by atoms with Crippen molar-refractivity contribution in [3.63, 3.8) is 0 Å². The van der Waals surface area contributed by atoms with Crippen LogP contribution < -0.4 is 10.6 Å². The molecule has 0 aliphatic heterocycles. The van der Waals surface area contributed by atoms with Gasteiger partial charge in [-0.1, -0.05) is 6.92 Å². The summed E-state index contributed by atoms with van der Waals surface area (Å²) in [5.41, 5.74) is 0. The van der Waals surface area contributed by atoms with Crippen LogP contribution in [0.4, 0.5) is 0 Å². The Hall–Kier alpha value is -1.82. The second-order valence-electron chi connectivity index (χ2n) is 3.86. The molecule has 1 aromatic heterocycles. The van der Waals surface area contributed by atoms with Gasteiger partial charge in [-0.25, -0.2) is 0 Å². The molecule has 2 amide bonds. The summed E-state index contributed by atoms with van der Waals surface area (Å²) in [4.78, 5) is 22.5. The van der Waals surface area contributed by atoms with Gasteiger partial charge >= 0.3 is 0 Å². The number of amides is 2. The molecule has 1 atom stereocenters. The van der Waals surface area contributed by atoms with Crippen LogP contribution in [0.3, 0.4) is 0 Å². The summed E-state index contributed by atoms with van der Waals surface area (Å²) in [7, 11) is 0. The van der Waals surface area contributed by atoms with E-state index in [0.717, 1.165) is 6.42 Å². The SMILES string of the molecule is CCCC(=O)NCC(=O)NCC(O)c1ccco1. The highest BCUT2D eigenvalue weighted by molar-refractivity contribution is 5.84.